The smallest absolute Gasteiger partial charge is 0.312 e. The Kier molecular flexibility index (Phi) is 6.08. The highest BCUT2D eigenvalue weighted by molar-refractivity contribution is 5.77. The van der Waals surface area contributed by atoms with E-state index in [1.165, 1.54) is 0 Å². The molecule has 0 atom stereocenters. The summed E-state index contributed by atoms with van der Waals surface area (Å²) in [4.78, 5) is 24.8. The summed E-state index contributed by atoms with van der Waals surface area (Å²) >= 11 is 0. The first-order valence-electron chi connectivity index (χ1n) is 7.79. The highest BCUT2D eigenvalue weighted by Crippen LogP contribution is 2.32. The average molecular weight is 321 g/mol. The average Bonchev–Trinajstić information content (AvgIpc) is 2.98. The second kappa shape index (κ2) is 8.26. The van der Waals surface area contributed by atoms with Gasteiger partial charge in [0.15, 0.2) is 11.5 Å². The highest BCUT2D eigenvalue weighted by atomic mass is 16.7. The van der Waals surface area contributed by atoms with Crippen molar-refractivity contribution in [3.8, 4) is 11.5 Å². The minimum atomic E-state index is -0.617. The van der Waals surface area contributed by atoms with Gasteiger partial charge in [-0.2, -0.15) is 0 Å². The molecule has 126 valence electrons. The van der Waals surface area contributed by atoms with Crippen LogP contribution in [0.3, 0.4) is 0 Å². The fraction of sp³-hybridized carbons (Fsp3) is 0.500. The number of fused-ring (bicyclic) bond motifs is 1. The fourth-order valence-corrected chi connectivity index (χ4v) is 2.35. The van der Waals surface area contributed by atoms with Crippen LogP contribution in [-0.2, 0) is 11.3 Å². The van der Waals surface area contributed by atoms with Crippen molar-refractivity contribution >= 4 is 11.9 Å². The molecular weight excluding hydrogens is 298 g/mol. The molecule has 23 heavy (non-hydrogen) atoms. The van der Waals surface area contributed by atoms with Crippen molar-refractivity contribution in [2.75, 3.05) is 19.9 Å². The molecule has 7 nitrogen and oxygen atoms in total. The second-order valence-corrected chi connectivity index (χ2v) is 5.40. The number of ether oxygens (including phenoxy) is 2. The van der Waals surface area contributed by atoms with Gasteiger partial charge in [0.1, 0.15) is 0 Å². The zero-order valence-corrected chi connectivity index (χ0v) is 13.3. The topological polar surface area (TPSA) is 93.9 Å². The summed E-state index contributed by atoms with van der Waals surface area (Å²) in [6.45, 7) is 3.75. The van der Waals surface area contributed by atoms with Gasteiger partial charge in [0.2, 0.25) is 12.7 Å². The number of carbonyl (C=O) groups is 2. The molecule has 7 heteroatoms. The van der Waals surface area contributed by atoms with E-state index in [9.17, 15) is 9.59 Å². The van der Waals surface area contributed by atoms with E-state index in [0.717, 1.165) is 24.2 Å². The van der Waals surface area contributed by atoms with Gasteiger partial charge in [0.05, 0.1) is 0 Å². The lowest BCUT2D eigenvalue weighted by atomic mass is 10.1. The van der Waals surface area contributed by atoms with Crippen LogP contribution in [0.1, 0.15) is 31.7 Å². The Morgan fingerprint density at radius 2 is 2.09 bits per heavy atom. The normalized spacial score (nSPS) is 12.0. The number of hydrogen-bond acceptors (Lipinski definition) is 4. The Hall–Kier alpha value is -2.44. The van der Waals surface area contributed by atoms with Gasteiger partial charge in [-0.1, -0.05) is 19.4 Å². The van der Waals surface area contributed by atoms with Gasteiger partial charge < -0.3 is 25.4 Å². The standard InChI is InChI=1S/C16H23N3O4/c1-2-3-8-19(15(20)6-7-18-16(17)21)10-12-4-5-13-14(9-12)23-11-22-13/h4-5,9H,2-3,6-8,10-11H2,1H3,(H3,17,18,21). The third-order valence-electron chi connectivity index (χ3n) is 3.58. The van der Waals surface area contributed by atoms with Crippen LogP contribution in [0, 0.1) is 0 Å². The molecule has 0 radical (unpaired) electrons. The quantitative estimate of drug-likeness (QED) is 0.760. The van der Waals surface area contributed by atoms with E-state index in [2.05, 4.69) is 12.2 Å². The van der Waals surface area contributed by atoms with E-state index < -0.39 is 6.03 Å². The van der Waals surface area contributed by atoms with Crippen LogP contribution in [-0.4, -0.2) is 36.7 Å². The van der Waals surface area contributed by atoms with Crippen LogP contribution >= 0.6 is 0 Å². The van der Waals surface area contributed by atoms with Crippen LogP contribution in [0.25, 0.3) is 0 Å². The number of rotatable bonds is 8. The lowest BCUT2D eigenvalue weighted by Crippen LogP contribution is -2.36. The molecule has 0 aromatic heterocycles. The summed E-state index contributed by atoms with van der Waals surface area (Å²) in [6, 6.07) is 5.07. The minimum absolute atomic E-state index is 0.00938. The Morgan fingerprint density at radius 1 is 1.30 bits per heavy atom. The molecule has 0 saturated carbocycles. The molecule has 0 aliphatic carbocycles. The Labute approximate surface area is 135 Å². The Balaban J connectivity index is 1.96. The Morgan fingerprint density at radius 3 is 2.83 bits per heavy atom. The number of carbonyl (C=O) groups excluding carboxylic acids is 2. The van der Waals surface area contributed by atoms with Gasteiger partial charge in [-0.15, -0.1) is 0 Å². The van der Waals surface area contributed by atoms with Crippen molar-refractivity contribution in [3.05, 3.63) is 23.8 Å². The van der Waals surface area contributed by atoms with Crippen LogP contribution < -0.4 is 20.5 Å². The second-order valence-electron chi connectivity index (χ2n) is 5.40. The summed E-state index contributed by atoms with van der Waals surface area (Å²) in [5.74, 6) is 1.43. The predicted molar refractivity (Wildman–Crippen MR) is 85.1 cm³/mol. The number of unbranched alkanes of at least 4 members (excludes halogenated alkanes) is 1. The van der Waals surface area contributed by atoms with E-state index in [1.54, 1.807) is 4.90 Å². The first-order chi connectivity index (χ1) is 11.1. The maximum atomic E-state index is 12.3. The lowest BCUT2D eigenvalue weighted by Gasteiger charge is -2.23. The zero-order chi connectivity index (χ0) is 16.7. The van der Waals surface area contributed by atoms with Crippen LogP contribution in [0.5, 0.6) is 11.5 Å². The van der Waals surface area contributed by atoms with Crippen molar-refractivity contribution < 1.29 is 19.1 Å². The van der Waals surface area contributed by atoms with Gasteiger partial charge in [0.25, 0.3) is 0 Å². The van der Waals surface area contributed by atoms with Crippen molar-refractivity contribution in [1.29, 1.82) is 0 Å². The zero-order valence-electron chi connectivity index (χ0n) is 13.3. The molecule has 0 bridgehead atoms. The molecule has 3 amide bonds. The molecule has 2 rings (SSSR count). The summed E-state index contributed by atoms with van der Waals surface area (Å²) in [7, 11) is 0. The lowest BCUT2D eigenvalue weighted by molar-refractivity contribution is -0.131. The van der Waals surface area contributed by atoms with Gasteiger partial charge in [-0.3, -0.25) is 4.79 Å². The summed E-state index contributed by atoms with van der Waals surface area (Å²) < 4.78 is 10.7. The summed E-state index contributed by atoms with van der Waals surface area (Å²) in [5, 5.41) is 2.44. The van der Waals surface area contributed by atoms with E-state index in [-0.39, 0.29) is 25.7 Å². The molecule has 0 spiro atoms. The molecule has 0 saturated heterocycles. The molecule has 0 unspecified atom stereocenters. The van der Waals surface area contributed by atoms with E-state index in [0.29, 0.717) is 18.8 Å². The van der Waals surface area contributed by atoms with E-state index in [4.69, 9.17) is 15.2 Å². The largest absolute Gasteiger partial charge is 0.454 e. The van der Waals surface area contributed by atoms with Crippen molar-refractivity contribution in [3.63, 3.8) is 0 Å². The molecule has 0 fully saturated rings. The number of nitrogens with one attached hydrogen (secondary N) is 1. The SMILES string of the molecule is CCCCN(Cc1ccc2c(c1)OCO2)C(=O)CCNC(N)=O. The van der Waals surface area contributed by atoms with Crippen LogP contribution in [0.2, 0.25) is 0 Å². The predicted octanol–water partition coefficient (Wildman–Crippen LogP) is 1.60. The Bertz CT molecular complexity index is 562. The number of benzene rings is 1. The third-order valence-corrected chi connectivity index (χ3v) is 3.58. The van der Waals surface area contributed by atoms with Gasteiger partial charge in [-0.25, -0.2) is 4.79 Å². The van der Waals surface area contributed by atoms with Crippen LogP contribution in [0.4, 0.5) is 4.79 Å². The van der Waals surface area contributed by atoms with Crippen molar-refractivity contribution in [1.82, 2.24) is 10.2 Å². The van der Waals surface area contributed by atoms with Gasteiger partial charge in [-0.05, 0) is 24.1 Å². The van der Waals surface area contributed by atoms with Crippen molar-refractivity contribution in [2.24, 2.45) is 5.73 Å². The number of hydrogen-bond donors (Lipinski definition) is 2. The minimum Gasteiger partial charge on any atom is -0.454 e. The summed E-state index contributed by atoms with van der Waals surface area (Å²) in [6.07, 6.45) is 2.17. The molecule has 1 aliphatic heterocycles. The number of primary amides is 1. The first-order valence-corrected chi connectivity index (χ1v) is 7.79. The number of nitrogens with two attached hydrogens (primary N) is 1. The third kappa shape index (κ3) is 5.05. The maximum Gasteiger partial charge on any atom is 0.312 e. The monoisotopic (exact) mass is 321 g/mol. The molecule has 1 aromatic carbocycles. The maximum absolute atomic E-state index is 12.3. The molecule has 3 N–H and O–H groups in total. The fourth-order valence-electron chi connectivity index (χ4n) is 2.35. The highest BCUT2D eigenvalue weighted by Gasteiger charge is 2.17. The van der Waals surface area contributed by atoms with Crippen LogP contribution in [0.15, 0.2) is 18.2 Å². The first kappa shape index (κ1) is 16.9. The number of urea groups is 1. The van der Waals surface area contributed by atoms with E-state index >= 15 is 0 Å². The number of nitrogens with zero attached hydrogens (tertiary/aromatic N) is 1. The molecular formula is C16H23N3O4. The van der Waals surface area contributed by atoms with E-state index in [1.807, 2.05) is 18.2 Å². The summed E-state index contributed by atoms with van der Waals surface area (Å²) in [5.41, 5.74) is 6.00. The van der Waals surface area contributed by atoms with Gasteiger partial charge >= 0.3 is 6.03 Å². The number of amides is 3. The van der Waals surface area contributed by atoms with Crippen molar-refractivity contribution in [2.45, 2.75) is 32.7 Å². The molecule has 1 aromatic rings. The molecule has 1 heterocycles. The molecule has 1 aliphatic rings. The van der Waals surface area contributed by atoms with Gasteiger partial charge in [0, 0.05) is 26.1 Å².